The van der Waals surface area contributed by atoms with Crippen LogP contribution in [-0.2, 0) is 9.53 Å². The summed E-state index contributed by atoms with van der Waals surface area (Å²) in [5.41, 5.74) is 2.12. The van der Waals surface area contributed by atoms with Gasteiger partial charge in [0.05, 0.1) is 25.3 Å². The number of amides is 1. The van der Waals surface area contributed by atoms with Crippen LogP contribution in [0.2, 0.25) is 0 Å². The van der Waals surface area contributed by atoms with E-state index in [1.807, 2.05) is 18.2 Å². The molecule has 174 valence electrons. The number of benzene rings is 2. The molecule has 0 bridgehead atoms. The van der Waals surface area contributed by atoms with E-state index in [9.17, 15) is 14.9 Å². The monoisotopic (exact) mass is 540 g/mol. The van der Waals surface area contributed by atoms with Crippen molar-refractivity contribution in [2.45, 2.75) is 6.92 Å². The van der Waals surface area contributed by atoms with Crippen molar-refractivity contribution < 1.29 is 23.8 Å². The van der Waals surface area contributed by atoms with Crippen molar-refractivity contribution in [2.75, 3.05) is 26.1 Å². The van der Waals surface area contributed by atoms with Crippen molar-refractivity contribution in [1.29, 1.82) is 5.26 Å². The molecule has 9 heteroatoms. The summed E-state index contributed by atoms with van der Waals surface area (Å²) < 4.78 is 16.3. The fourth-order valence-corrected chi connectivity index (χ4v) is 4.61. The fourth-order valence-electron chi connectivity index (χ4n) is 3.10. The Morgan fingerprint density at radius 3 is 2.47 bits per heavy atom. The molecular weight excluding hydrogens is 520 g/mol. The van der Waals surface area contributed by atoms with Crippen LogP contribution in [0.25, 0.3) is 17.2 Å². The number of nitriles is 1. The Morgan fingerprint density at radius 2 is 1.88 bits per heavy atom. The third-order valence-corrected chi connectivity index (χ3v) is 6.27. The zero-order valence-electron chi connectivity index (χ0n) is 18.7. The summed E-state index contributed by atoms with van der Waals surface area (Å²) in [5.74, 6) is 0.109. The maximum atomic E-state index is 12.9. The van der Waals surface area contributed by atoms with E-state index < -0.39 is 11.9 Å². The Hall–Kier alpha value is -3.61. The van der Waals surface area contributed by atoms with E-state index >= 15 is 0 Å². The van der Waals surface area contributed by atoms with Crippen LogP contribution in [0, 0.1) is 11.3 Å². The van der Waals surface area contributed by atoms with Gasteiger partial charge in [0.15, 0.2) is 0 Å². The predicted molar refractivity (Wildman–Crippen MR) is 135 cm³/mol. The molecule has 1 heterocycles. The van der Waals surface area contributed by atoms with Gasteiger partial charge in [0.25, 0.3) is 5.91 Å². The van der Waals surface area contributed by atoms with Crippen LogP contribution >= 0.6 is 27.3 Å². The summed E-state index contributed by atoms with van der Waals surface area (Å²) in [5, 5.41) is 14.3. The Bertz CT molecular complexity index is 1280. The summed E-state index contributed by atoms with van der Waals surface area (Å²) in [6.45, 7) is 1.89. The van der Waals surface area contributed by atoms with E-state index in [4.69, 9.17) is 14.2 Å². The second-order valence-corrected chi connectivity index (χ2v) is 8.55. The van der Waals surface area contributed by atoms with Crippen molar-refractivity contribution in [3.63, 3.8) is 0 Å². The van der Waals surface area contributed by atoms with Crippen LogP contribution in [0.3, 0.4) is 0 Å². The average molecular weight is 541 g/mol. The molecule has 0 aliphatic carbocycles. The van der Waals surface area contributed by atoms with E-state index in [2.05, 4.69) is 21.2 Å². The summed E-state index contributed by atoms with van der Waals surface area (Å²) in [6.07, 6.45) is 1.46. The number of thiophene rings is 1. The minimum atomic E-state index is -0.636. The molecular formula is C25H21BrN2O5S. The minimum Gasteiger partial charge on any atom is -0.497 e. The quantitative estimate of drug-likeness (QED) is 0.216. The lowest BCUT2D eigenvalue weighted by molar-refractivity contribution is -0.112. The van der Waals surface area contributed by atoms with Gasteiger partial charge in [-0.15, -0.1) is 11.3 Å². The Balaban J connectivity index is 1.94. The van der Waals surface area contributed by atoms with Gasteiger partial charge in [0.1, 0.15) is 33.7 Å². The first-order valence-electron chi connectivity index (χ1n) is 10.1. The molecule has 1 aromatic heterocycles. The smallest absolute Gasteiger partial charge is 0.341 e. The number of rotatable bonds is 8. The summed E-state index contributed by atoms with van der Waals surface area (Å²) in [6, 6.07) is 14.3. The van der Waals surface area contributed by atoms with Crippen LogP contribution in [-0.4, -0.2) is 32.7 Å². The van der Waals surface area contributed by atoms with Crippen molar-refractivity contribution in [1.82, 2.24) is 0 Å². The molecule has 2 aromatic carbocycles. The van der Waals surface area contributed by atoms with Gasteiger partial charge in [-0.1, -0.05) is 18.2 Å². The molecule has 0 spiro atoms. The van der Waals surface area contributed by atoms with Crippen molar-refractivity contribution >= 4 is 50.2 Å². The molecule has 34 heavy (non-hydrogen) atoms. The van der Waals surface area contributed by atoms with E-state index in [0.29, 0.717) is 32.1 Å². The zero-order chi connectivity index (χ0) is 24.7. The Morgan fingerprint density at radius 1 is 1.15 bits per heavy atom. The van der Waals surface area contributed by atoms with Gasteiger partial charge in [-0.3, -0.25) is 4.79 Å². The van der Waals surface area contributed by atoms with Crippen molar-refractivity contribution in [3.05, 3.63) is 69.0 Å². The first kappa shape index (κ1) is 25.0. The lowest BCUT2D eigenvalue weighted by atomic mass is 10.0. The first-order valence-corrected chi connectivity index (χ1v) is 11.8. The number of methoxy groups -OCH3 is 2. The molecule has 1 amide bonds. The fraction of sp³-hybridized carbons (Fsp3) is 0.160. The molecule has 0 saturated carbocycles. The number of hydrogen-bond donors (Lipinski definition) is 1. The number of carbonyl (C=O) groups excluding carboxylic acids is 2. The number of anilines is 1. The number of esters is 1. The number of hydrogen-bond acceptors (Lipinski definition) is 7. The van der Waals surface area contributed by atoms with Crippen LogP contribution < -0.4 is 14.8 Å². The number of halogens is 1. The van der Waals surface area contributed by atoms with Gasteiger partial charge in [-0.25, -0.2) is 4.79 Å². The lowest BCUT2D eigenvalue weighted by Crippen LogP contribution is -2.16. The second-order valence-electron chi connectivity index (χ2n) is 6.82. The van der Waals surface area contributed by atoms with Gasteiger partial charge in [-0.2, -0.15) is 5.26 Å². The highest BCUT2D eigenvalue weighted by molar-refractivity contribution is 9.10. The lowest BCUT2D eigenvalue weighted by Gasteiger charge is -2.09. The second kappa shape index (κ2) is 11.5. The number of carbonyl (C=O) groups is 2. The first-order chi connectivity index (χ1) is 16.4. The molecule has 0 unspecified atom stereocenters. The minimum absolute atomic E-state index is 0.119. The highest BCUT2D eigenvalue weighted by Gasteiger charge is 2.24. The summed E-state index contributed by atoms with van der Waals surface area (Å²) in [7, 11) is 3.12. The van der Waals surface area contributed by atoms with E-state index in [1.165, 1.54) is 17.4 Å². The van der Waals surface area contributed by atoms with E-state index in [1.54, 1.807) is 56.9 Å². The van der Waals surface area contributed by atoms with Crippen LogP contribution in [0.1, 0.15) is 22.8 Å². The summed E-state index contributed by atoms with van der Waals surface area (Å²) in [4.78, 5) is 25.7. The molecule has 0 aliphatic heterocycles. The molecule has 1 N–H and O–H groups in total. The van der Waals surface area contributed by atoms with Gasteiger partial charge in [0.2, 0.25) is 0 Å². The molecule has 0 atom stereocenters. The van der Waals surface area contributed by atoms with Gasteiger partial charge in [-0.05, 0) is 64.3 Å². The predicted octanol–water partition coefficient (Wildman–Crippen LogP) is 5.92. The van der Waals surface area contributed by atoms with Gasteiger partial charge < -0.3 is 19.5 Å². The Kier molecular flexibility index (Phi) is 8.46. The maximum absolute atomic E-state index is 12.9. The molecule has 0 saturated heterocycles. The number of nitrogens with zero attached hydrogens (tertiary/aromatic N) is 1. The van der Waals surface area contributed by atoms with Crippen molar-refractivity contribution in [2.24, 2.45) is 0 Å². The molecule has 7 nitrogen and oxygen atoms in total. The standard InChI is InChI=1S/C25H21BrN2O5S/c1-4-33-25(30)22-19(16-6-8-18(31-2)9-7-16)14-34-24(22)28-23(29)17(13-27)11-15-5-10-21(32-3)20(26)12-15/h5-12,14H,4H2,1-3H3,(H,28,29). The number of ether oxygens (including phenoxy) is 3. The van der Waals surface area contributed by atoms with Crippen LogP contribution in [0.4, 0.5) is 5.00 Å². The molecule has 3 aromatic rings. The largest absolute Gasteiger partial charge is 0.497 e. The third-order valence-electron chi connectivity index (χ3n) is 4.75. The average Bonchev–Trinajstić information content (AvgIpc) is 3.26. The van der Waals surface area contributed by atoms with Crippen LogP contribution in [0.5, 0.6) is 11.5 Å². The maximum Gasteiger partial charge on any atom is 0.341 e. The van der Waals surface area contributed by atoms with E-state index in [-0.39, 0.29) is 17.7 Å². The third kappa shape index (κ3) is 5.65. The highest BCUT2D eigenvalue weighted by Crippen LogP contribution is 2.37. The molecule has 3 rings (SSSR count). The zero-order valence-corrected chi connectivity index (χ0v) is 21.1. The van der Waals surface area contributed by atoms with E-state index in [0.717, 1.165) is 5.56 Å². The van der Waals surface area contributed by atoms with Gasteiger partial charge in [0, 0.05) is 10.9 Å². The Labute approximate surface area is 209 Å². The normalized spacial score (nSPS) is 10.9. The molecule has 0 fully saturated rings. The highest BCUT2D eigenvalue weighted by atomic mass is 79.9. The van der Waals surface area contributed by atoms with Crippen molar-refractivity contribution in [3.8, 4) is 28.7 Å². The van der Waals surface area contributed by atoms with Crippen LogP contribution in [0.15, 0.2) is 57.9 Å². The number of nitrogens with one attached hydrogen (secondary N) is 1. The summed E-state index contributed by atoms with van der Waals surface area (Å²) >= 11 is 4.57. The topological polar surface area (TPSA) is 97.6 Å². The van der Waals surface area contributed by atoms with Gasteiger partial charge >= 0.3 is 5.97 Å². The SMILES string of the molecule is CCOC(=O)c1c(-c2ccc(OC)cc2)csc1NC(=O)C(C#N)=Cc1ccc(OC)c(Br)c1. The molecule has 0 aliphatic rings. The molecule has 0 radical (unpaired) electrons.